The van der Waals surface area contributed by atoms with Crippen LogP contribution < -0.4 is 15.4 Å². The average Bonchev–Trinajstić information content (AvgIpc) is 2.93. The summed E-state index contributed by atoms with van der Waals surface area (Å²) >= 11 is 0. The smallest absolute Gasteiger partial charge is 0.159 e. The van der Waals surface area contributed by atoms with Gasteiger partial charge in [-0.25, -0.2) is 0 Å². The topological polar surface area (TPSA) is 42.5 Å². The Labute approximate surface area is 101 Å². The van der Waals surface area contributed by atoms with Crippen molar-refractivity contribution >= 4 is 0 Å². The molecule has 0 unspecified atom stereocenters. The van der Waals surface area contributed by atoms with Gasteiger partial charge in [0.15, 0.2) is 5.72 Å². The summed E-state index contributed by atoms with van der Waals surface area (Å²) in [6.07, 6.45) is 0.293. The van der Waals surface area contributed by atoms with Gasteiger partial charge < -0.3 is 9.47 Å². The third-order valence-electron chi connectivity index (χ3n) is 3.44. The molecule has 1 aromatic rings. The lowest BCUT2D eigenvalue weighted by atomic mass is 10.0. The van der Waals surface area contributed by atoms with Gasteiger partial charge >= 0.3 is 0 Å². The van der Waals surface area contributed by atoms with E-state index in [0.29, 0.717) is 12.8 Å². The van der Waals surface area contributed by atoms with Crippen molar-refractivity contribution in [3.63, 3.8) is 0 Å². The molecule has 17 heavy (non-hydrogen) atoms. The Kier molecular flexibility index (Phi) is 2.58. The van der Waals surface area contributed by atoms with Crippen LogP contribution in [0.3, 0.4) is 0 Å². The van der Waals surface area contributed by atoms with Crippen LogP contribution in [0.15, 0.2) is 18.2 Å². The average molecular weight is 234 g/mol. The number of nitrogens with one attached hydrogen (secondary N) is 2. The van der Waals surface area contributed by atoms with Gasteiger partial charge in [0.05, 0.1) is 19.4 Å². The first kappa shape index (κ1) is 11.0. The van der Waals surface area contributed by atoms with Gasteiger partial charge in [0, 0.05) is 12.1 Å². The summed E-state index contributed by atoms with van der Waals surface area (Å²) in [6, 6.07) is 6.26. The molecule has 0 saturated carbocycles. The van der Waals surface area contributed by atoms with Gasteiger partial charge in [-0.05, 0) is 31.5 Å². The number of ether oxygens (including phenoxy) is 2. The van der Waals surface area contributed by atoms with E-state index in [1.165, 1.54) is 5.56 Å². The van der Waals surface area contributed by atoms with E-state index >= 15 is 0 Å². The van der Waals surface area contributed by atoms with Crippen molar-refractivity contribution in [3.8, 4) is 5.75 Å². The molecule has 0 spiro atoms. The third-order valence-corrected chi connectivity index (χ3v) is 3.44. The first-order valence-electron chi connectivity index (χ1n) is 6.12. The van der Waals surface area contributed by atoms with E-state index in [4.69, 9.17) is 9.47 Å². The lowest BCUT2D eigenvalue weighted by molar-refractivity contribution is -0.0188. The van der Waals surface area contributed by atoms with Crippen molar-refractivity contribution in [2.24, 2.45) is 0 Å². The Morgan fingerprint density at radius 3 is 2.94 bits per heavy atom. The SMILES string of the molecule is CCOc1ccc([C@@]23CN[C@@H](CO2)N3)cc1C. The standard InChI is InChI=1S/C13H18N2O2/c1-3-16-11-5-4-10(6-9(11)2)13-8-14-12(15-13)7-17-13/h4-6,12,14-15H,3,7-8H2,1-2H3/t12-,13-/m1/s1. The molecule has 2 fully saturated rings. The second-order valence-corrected chi connectivity index (χ2v) is 4.63. The first-order valence-corrected chi connectivity index (χ1v) is 6.12. The molecule has 4 nitrogen and oxygen atoms in total. The lowest BCUT2D eigenvalue weighted by Crippen LogP contribution is -2.39. The van der Waals surface area contributed by atoms with Gasteiger partial charge in [-0.3, -0.25) is 10.6 Å². The van der Waals surface area contributed by atoms with E-state index in [2.05, 4.69) is 29.7 Å². The Bertz CT molecular complexity index is 425. The third kappa shape index (κ3) is 1.73. The van der Waals surface area contributed by atoms with E-state index in [1.54, 1.807) is 0 Å². The second-order valence-electron chi connectivity index (χ2n) is 4.63. The highest BCUT2D eigenvalue weighted by Crippen LogP contribution is 2.33. The van der Waals surface area contributed by atoms with E-state index in [9.17, 15) is 0 Å². The Balaban J connectivity index is 1.91. The summed E-state index contributed by atoms with van der Waals surface area (Å²) in [5, 5.41) is 6.85. The first-order chi connectivity index (χ1) is 8.23. The van der Waals surface area contributed by atoms with Crippen LogP contribution in [-0.4, -0.2) is 25.9 Å². The number of fused-ring (bicyclic) bond motifs is 2. The summed E-state index contributed by atoms with van der Waals surface area (Å²) in [7, 11) is 0. The highest BCUT2D eigenvalue weighted by atomic mass is 16.5. The van der Waals surface area contributed by atoms with Gasteiger partial charge in [-0.1, -0.05) is 6.07 Å². The maximum Gasteiger partial charge on any atom is 0.159 e. The fraction of sp³-hybridized carbons (Fsp3) is 0.538. The zero-order valence-electron chi connectivity index (χ0n) is 10.2. The minimum absolute atomic E-state index is 0.293. The van der Waals surface area contributed by atoms with E-state index in [1.807, 2.05) is 13.0 Å². The summed E-state index contributed by atoms with van der Waals surface area (Å²) in [5.74, 6) is 0.952. The van der Waals surface area contributed by atoms with Crippen molar-refractivity contribution in [2.75, 3.05) is 19.8 Å². The summed E-state index contributed by atoms with van der Waals surface area (Å²) in [6.45, 7) is 6.32. The fourth-order valence-corrected chi connectivity index (χ4v) is 2.56. The molecule has 0 radical (unpaired) electrons. The highest BCUT2D eigenvalue weighted by Gasteiger charge is 2.47. The van der Waals surface area contributed by atoms with Gasteiger partial charge in [0.25, 0.3) is 0 Å². The predicted octanol–water partition coefficient (Wildman–Crippen LogP) is 1.10. The Morgan fingerprint density at radius 2 is 2.41 bits per heavy atom. The molecule has 2 atom stereocenters. The Morgan fingerprint density at radius 1 is 1.53 bits per heavy atom. The molecule has 0 aromatic heterocycles. The van der Waals surface area contributed by atoms with Crippen LogP contribution in [0, 0.1) is 6.92 Å². The normalized spacial score (nSPS) is 30.8. The minimum Gasteiger partial charge on any atom is -0.494 e. The zero-order valence-corrected chi connectivity index (χ0v) is 10.2. The summed E-state index contributed by atoms with van der Waals surface area (Å²) < 4.78 is 11.4. The van der Waals surface area contributed by atoms with Crippen molar-refractivity contribution in [3.05, 3.63) is 29.3 Å². The molecule has 0 aliphatic carbocycles. The van der Waals surface area contributed by atoms with Crippen LogP contribution in [0.2, 0.25) is 0 Å². The van der Waals surface area contributed by atoms with Crippen LogP contribution in [0.5, 0.6) is 5.75 Å². The maximum absolute atomic E-state index is 5.87. The zero-order chi connectivity index (χ0) is 11.9. The van der Waals surface area contributed by atoms with Crippen LogP contribution in [-0.2, 0) is 10.5 Å². The Hall–Kier alpha value is -1.10. The molecule has 3 rings (SSSR count). The van der Waals surface area contributed by atoms with Gasteiger partial charge in [0.1, 0.15) is 5.75 Å². The molecule has 2 aliphatic rings. The summed E-state index contributed by atoms with van der Waals surface area (Å²) in [5.41, 5.74) is 1.99. The van der Waals surface area contributed by atoms with Crippen molar-refractivity contribution in [2.45, 2.75) is 25.7 Å². The fourth-order valence-electron chi connectivity index (χ4n) is 2.56. The molecule has 2 aliphatic heterocycles. The monoisotopic (exact) mass is 234 g/mol. The number of aryl methyl sites for hydroxylation is 1. The van der Waals surface area contributed by atoms with Crippen LogP contribution in [0.4, 0.5) is 0 Å². The van der Waals surface area contributed by atoms with Gasteiger partial charge in [-0.2, -0.15) is 0 Å². The number of benzene rings is 1. The lowest BCUT2D eigenvalue weighted by Gasteiger charge is -2.26. The van der Waals surface area contributed by atoms with E-state index in [0.717, 1.165) is 24.5 Å². The molecular weight excluding hydrogens is 216 g/mol. The largest absolute Gasteiger partial charge is 0.494 e. The molecule has 92 valence electrons. The predicted molar refractivity (Wildman–Crippen MR) is 64.9 cm³/mol. The number of hydrogen-bond donors (Lipinski definition) is 2. The second kappa shape index (κ2) is 3.98. The van der Waals surface area contributed by atoms with Gasteiger partial charge in [0.2, 0.25) is 0 Å². The van der Waals surface area contributed by atoms with Crippen molar-refractivity contribution in [1.82, 2.24) is 10.6 Å². The summed E-state index contributed by atoms with van der Waals surface area (Å²) in [4.78, 5) is 0. The molecule has 0 amide bonds. The molecular formula is C13H18N2O2. The number of hydrogen-bond acceptors (Lipinski definition) is 4. The van der Waals surface area contributed by atoms with Gasteiger partial charge in [-0.15, -0.1) is 0 Å². The quantitative estimate of drug-likeness (QED) is 0.822. The van der Waals surface area contributed by atoms with Crippen LogP contribution in [0.25, 0.3) is 0 Å². The number of rotatable bonds is 3. The molecule has 2 N–H and O–H groups in total. The molecule has 2 heterocycles. The van der Waals surface area contributed by atoms with Crippen LogP contribution in [0.1, 0.15) is 18.1 Å². The van der Waals surface area contributed by atoms with E-state index < -0.39 is 0 Å². The number of morpholine rings is 1. The van der Waals surface area contributed by atoms with Crippen molar-refractivity contribution < 1.29 is 9.47 Å². The highest BCUT2D eigenvalue weighted by molar-refractivity contribution is 5.39. The van der Waals surface area contributed by atoms with Crippen LogP contribution >= 0.6 is 0 Å². The molecule has 1 aromatic carbocycles. The van der Waals surface area contributed by atoms with Crippen molar-refractivity contribution in [1.29, 1.82) is 0 Å². The minimum atomic E-state index is -0.333. The molecule has 2 saturated heterocycles. The maximum atomic E-state index is 5.87. The molecule has 4 heteroatoms. The van der Waals surface area contributed by atoms with E-state index in [-0.39, 0.29) is 5.72 Å². The molecule has 2 bridgehead atoms.